The van der Waals surface area contributed by atoms with E-state index >= 15 is 0 Å². The molecule has 0 aliphatic rings. The largest absolute Gasteiger partial charge is 0.492 e. The maximum absolute atomic E-state index is 9.40. The van der Waals surface area contributed by atoms with Gasteiger partial charge in [0.15, 0.2) is 0 Å². The van der Waals surface area contributed by atoms with E-state index in [1.807, 2.05) is 20.9 Å². The fraction of sp³-hybridized carbons (Fsp3) is 0.286. The lowest BCUT2D eigenvalue weighted by molar-refractivity contribution is 0.241. The van der Waals surface area contributed by atoms with E-state index < -0.39 is 0 Å². The van der Waals surface area contributed by atoms with Crippen molar-refractivity contribution in [2.75, 3.05) is 20.2 Å². The zero-order chi connectivity index (χ0) is 20.8. The molecule has 0 fully saturated rings. The van der Waals surface area contributed by atoms with E-state index in [0.717, 1.165) is 6.54 Å². The van der Waals surface area contributed by atoms with Gasteiger partial charge in [0.05, 0.1) is 16.7 Å². The van der Waals surface area contributed by atoms with E-state index in [4.69, 9.17) is 25.6 Å². The number of nitriles is 1. The Kier molecular flexibility index (Phi) is 6.70. The number of benzene rings is 2. The molecule has 0 saturated carbocycles. The summed E-state index contributed by atoms with van der Waals surface area (Å²) in [6, 6.07) is 12.6. The van der Waals surface area contributed by atoms with E-state index in [1.54, 1.807) is 36.4 Å². The van der Waals surface area contributed by atoms with Crippen LogP contribution in [0.2, 0.25) is 5.02 Å². The molecule has 2 aromatic carbocycles. The Labute approximate surface area is 174 Å². The summed E-state index contributed by atoms with van der Waals surface area (Å²) < 4.78 is 16.6. The average molecular weight is 413 g/mol. The highest BCUT2D eigenvalue weighted by molar-refractivity contribution is 6.33. The van der Waals surface area contributed by atoms with E-state index in [0.29, 0.717) is 45.6 Å². The molecule has 1 N–H and O–H groups in total. The molecule has 3 aromatic rings. The van der Waals surface area contributed by atoms with E-state index in [-0.39, 0.29) is 12.0 Å². The SMILES string of the molecule is CNCCOc1ccc(-c2noc(-c3ccc(OC(C)C)c(C#N)c3)n2)c(Cl)c1. The van der Waals surface area contributed by atoms with Crippen LogP contribution in [0, 0.1) is 11.3 Å². The summed E-state index contributed by atoms with van der Waals surface area (Å²) in [4.78, 5) is 4.42. The average Bonchev–Trinajstić information content (AvgIpc) is 3.18. The highest BCUT2D eigenvalue weighted by atomic mass is 35.5. The predicted molar refractivity (Wildman–Crippen MR) is 110 cm³/mol. The Morgan fingerprint density at radius 2 is 2.07 bits per heavy atom. The van der Waals surface area contributed by atoms with Gasteiger partial charge in [-0.3, -0.25) is 0 Å². The first kappa shape index (κ1) is 20.6. The number of likely N-dealkylation sites (N-methyl/N-ethyl adjacent to an activating group) is 1. The Morgan fingerprint density at radius 1 is 1.24 bits per heavy atom. The van der Waals surface area contributed by atoms with Gasteiger partial charge in [0, 0.05) is 17.7 Å². The quantitative estimate of drug-likeness (QED) is 0.551. The summed E-state index contributed by atoms with van der Waals surface area (Å²) in [5.74, 6) is 1.82. The molecule has 0 atom stereocenters. The van der Waals surface area contributed by atoms with Crippen molar-refractivity contribution >= 4 is 11.6 Å². The van der Waals surface area contributed by atoms with Gasteiger partial charge in [0.2, 0.25) is 5.82 Å². The summed E-state index contributed by atoms with van der Waals surface area (Å²) in [5, 5.41) is 16.9. The molecule has 0 amide bonds. The number of rotatable bonds is 8. The van der Waals surface area contributed by atoms with Gasteiger partial charge in [-0.05, 0) is 57.3 Å². The molecule has 0 bridgehead atoms. The lowest BCUT2D eigenvalue weighted by Gasteiger charge is -2.11. The monoisotopic (exact) mass is 412 g/mol. The van der Waals surface area contributed by atoms with Crippen LogP contribution in [0.5, 0.6) is 11.5 Å². The van der Waals surface area contributed by atoms with Crippen molar-refractivity contribution in [3.05, 3.63) is 47.0 Å². The van der Waals surface area contributed by atoms with Crippen LogP contribution in [0.3, 0.4) is 0 Å². The molecular weight excluding hydrogens is 392 g/mol. The fourth-order valence-corrected chi connectivity index (χ4v) is 2.85. The molecule has 1 heterocycles. The van der Waals surface area contributed by atoms with Gasteiger partial charge in [0.25, 0.3) is 5.89 Å². The molecule has 8 heteroatoms. The van der Waals surface area contributed by atoms with Crippen molar-refractivity contribution < 1.29 is 14.0 Å². The third-order valence-electron chi connectivity index (χ3n) is 3.94. The molecule has 7 nitrogen and oxygen atoms in total. The maximum atomic E-state index is 9.40. The van der Waals surface area contributed by atoms with Crippen LogP contribution in [0.15, 0.2) is 40.9 Å². The van der Waals surface area contributed by atoms with Gasteiger partial charge in [-0.1, -0.05) is 16.8 Å². The standard InChI is InChI=1S/C21H21ClN4O3/c1-13(2)28-19-7-4-14(10-15(19)12-23)21-25-20(26-29-21)17-6-5-16(11-18(17)22)27-9-8-24-3/h4-7,10-11,13,24H,8-9H2,1-3H3. The second-order valence-corrected chi connectivity index (χ2v) is 6.91. The molecule has 150 valence electrons. The molecule has 0 unspecified atom stereocenters. The summed E-state index contributed by atoms with van der Waals surface area (Å²) in [5.41, 5.74) is 1.65. The topological polar surface area (TPSA) is 93.2 Å². The first-order valence-electron chi connectivity index (χ1n) is 9.14. The van der Waals surface area contributed by atoms with Crippen LogP contribution < -0.4 is 14.8 Å². The van der Waals surface area contributed by atoms with E-state index in [1.165, 1.54) is 0 Å². The van der Waals surface area contributed by atoms with Gasteiger partial charge in [-0.2, -0.15) is 10.2 Å². The maximum Gasteiger partial charge on any atom is 0.258 e. The zero-order valence-corrected chi connectivity index (χ0v) is 17.2. The number of nitrogens with one attached hydrogen (secondary N) is 1. The first-order chi connectivity index (χ1) is 14.0. The summed E-state index contributed by atoms with van der Waals surface area (Å²) in [7, 11) is 1.86. The smallest absolute Gasteiger partial charge is 0.258 e. The number of halogens is 1. The predicted octanol–water partition coefficient (Wildman–Crippen LogP) is 4.31. The van der Waals surface area contributed by atoms with Crippen LogP contribution in [-0.4, -0.2) is 36.4 Å². The normalized spacial score (nSPS) is 10.8. The minimum Gasteiger partial charge on any atom is -0.492 e. The van der Waals surface area contributed by atoms with Crippen molar-refractivity contribution in [3.63, 3.8) is 0 Å². The molecule has 0 aliphatic heterocycles. The van der Waals surface area contributed by atoms with Crippen molar-refractivity contribution in [1.82, 2.24) is 15.5 Å². The van der Waals surface area contributed by atoms with Crippen LogP contribution in [0.4, 0.5) is 0 Å². The number of hydrogen-bond acceptors (Lipinski definition) is 7. The molecule has 0 saturated heterocycles. The zero-order valence-electron chi connectivity index (χ0n) is 16.4. The number of hydrogen-bond donors (Lipinski definition) is 1. The summed E-state index contributed by atoms with van der Waals surface area (Å²) >= 11 is 6.37. The molecule has 0 aliphatic carbocycles. The van der Waals surface area contributed by atoms with Gasteiger partial charge < -0.3 is 19.3 Å². The third kappa shape index (κ3) is 5.05. The minimum absolute atomic E-state index is 0.0321. The van der Waals surface area contributed by atoms with Crippen LogP contribution in [-0.2, 0) is 0 Å². The number of aromatic nitrogens is 2. The van der Waals surface area contributed by atoms with E-state index in [2.05, 4.69) is 21.5 Å². The first-order valence-corrected chi connectivity index (χ1v) is 9.52. The third-order valence-corrected chi connectivity index (χ3v) is 4.25. The molecule has 1 aromatic heterocycles. The molecular formula is C21H21ClN4O3. The molecule has 0 radical (unpaired) electrons. The van der Waals surface area contributed by atoms with Gasteiger partial charge in [-0.15, -0.1) is 0 Å². The number of nitrogens with zero attached hydrogens (tertiary/aromatic N) is 3. The van der Waals surface area contributed by atoms with Gasteiger partial charge >= 0.3 is 0 Å². The second kappa shape index (κ2) is 9.41. The van der Waals surface area contributed by atoms with Crippen molar-refractivity contribution in [2.24, 2.45) is 0 Å². The Bertz CT molecular complexity index is 1030. The van der Waals surface area contributed by atoms with Crippen molar-refractivity contribution in [2.45, 2.75) is 20.0 Å². The Morgan fingerprint density at radius 3 is 2.76 bits per heavy atom. The summed E-state index contributed by atoms with van der Waals surface area (Å²) in [6.45, 7) is 5.08. The van der Waals surface area contributed by atoms with Gasteiger partial charge in [0.1, 0.15) is 24.2 Å². The highest BCUT2D eigenvalue weighted by Gasteiger charge is 2.16. The molecule has 0 spiro atoms. The van der Waals surface area contributed by atoms with Crippen LogP contribution >= 0.6 is 11.6 Å². The Balaban J connectivity index is 1.83. The van der Waals surface area contributed by atoms with Gasteiger partial charge in [-0.25, -0.2) is 0 Å². The van der Waals surface area contributed by atoms with Crippen LogP contribution in [0.1, 0.15) is 19.4 Å². The van der Waals surface area contributed by atoms with E-state index in [9.17, 15) is 5.26 Å². The second-order valence-electron chi connectivity index (χ2n) is 6.51. The fourth-order valence-electron chi connectivity index (χ4n) is 2.60. The highest BCUT2D eigenvalue weighted by Crippen LogP contribution is 2.32. The van der Waals surface area contributed by atoms with Crippen molar-refractivity contribution in [1.29, 1.82) is 5.26 Å². The Hall–Kier alpha value is -3.08. The van der Waals surface area contributed by atoms with Crippen molar-refractivity contribution in [3.8, 4) is 40.4 Å². The lowest BCUT2D eigenvalue weighted by Crippen LogP contribution is -2.15. The lowest BCUT2D eigenvalue weighted by atomic mass is 10.1. The van der Waals surface area contributed by atoms with Crippen LogP contribution in [0.25, 0.3) is 22.8 Å². The summed E-state index contributed by atoms with van der Waals surface area (Å²) in [6.07, 6.45) is -0.0321. The molecule has 3 rings (SSSR count). The minimum atomic E-state index is -0.0321. The molecule has 29 heavy (non-hydrogen) atoms. The number of ether oxygens (including phenoxy) is 2.